The Kier molecular flexibility index (Phi) is 2.99. The molecule has 1 heterocycles. The van der Waals surface area contributed by atoms with E-state index in [1.807, 2.05) is 6.07 Å². The Morgan fingerprint density at radius 2 is 2.07 bits per heavy atom. The third-order valence-electron chi connectivity index (χ3n) is 1.82. The first-order chi connectivity index (χ1) is 6.66. The maximum atomic E-state index is 4.25. The molecule has 1 aromatic heterocycles. The molecule has 0 N–H and O–H groups in total. The van der Waals surface area contributed by atoms with Crippen LogP contribution in [0.5, 0.6) is 0 Å². The predicted molar refractivity (Wildman–Crippen MR) is 65.5 cm³/mol. The second-order valence-corrected chi connectivity index (χ2v) is 5.15. The maximum Gasteiger partial charge on any atom is 0.209 e. The number of hydrogen-bond donors (Lipinski definition) is 0. The summed E-state index contributed by atoms with van der Waals surface area (Å²) in [6.07, 6.45) is 0. The van der Waals surface area contributed by atoms with Crippen molar-refractivity contribution in [2.45, 2.75) is 6.92 Å². The molecule has 0 radical (unpaired) electrons. The quantitative estimate of drug-likeness (QED) is 0.787. The Morgan fingerprint density at radius 3 is 2.64 bits per heavy atom. The van der Waals surface area contributed by atoms with Crippen molar-refractivity contribution in [2.75, 3.05) is 0 Å². The summed E-state index contributed by atoms with van der Waals surface area (Å²) in [5, 5.41) is 0.928. The Labute approximate surface area is 103 Å². The highest BCUT2D eigenvalue weighted by Crippen LogP contribution is 2.27. The summed E-state index contributed by atoms with van der Waals surface area (Å²) in [5.74, 6) is 0. The minimum absolute atomic E-state index is 0.647. The molecule has 0 spiro atoms. The lowest BCUT2D eigenvalue weighted by molar-refractivity contribution is 1.26. The maximum absolute atomic E-state index is 4.25. The second-order valence-electron chi connectivity index (χ2n) is 2.83. The molecular weight excluding hydrogens is 328 g/mol. The Morgan fingerprint density at radius 1 is 1.29 bits per heavy atom. The summed E-state index contributed by atoms with van der Waals surface area (Å²) in [6.45, 7) is 2.06. The van der Waals surface area contributed by atoms with Gasteiger partial charge in [-0.15, -0.1) is 0 Å². The van der Waals surface area contributed by atoms with Gasteiger partial charge in [0.05, 0.1) is 0 Å². The van der Waals surface area contributed by atoms with Crippen LogP contribution in [0.2, 0.25) is 0 Å². The summed E-state index contributed by atoms with van der Waals surface area (Å²) in [6, 6.07) is 6.17. The van der Waals surface area contributed by atoms with Crippen molar-refractivity contribution in [3.63, 3.8) is 0 Å². The average Bonchev–Trinajstić information content (AvgIpc) is 2.57. The van der Waals surface area contributed by atoms with Crippen LogP contribution in [0.1, 0.15) is 5.56 Å². The molecule has 0 aliphatic carbocycles. The van der Waals surface area contributed by atoms with E-state index >= 15 is 0 Å². The van der Waals surface area contributed by atoms with E-state index in [-0.39, 0.29) is 0 Å². The molecular formula is C9H6Br2N2S. The van der Waals surface area contributed by atoms with Crippen molar-refractivity contribution >= 4 is 43.4 Å². The largest absolute Gasteiger partial charge is 0.209 e. The fourth-order valence-electron chi connectivity index (χ4n) is 1.05. The number of hydrogen-bond acceptors (Lipinski definition) is 3. The van der Waals surface area contributed by atoms with Crippen LogP contribution in [-0.4, -0.2) is 9.36 Å². The van der Waals surface area contributed by atoms with Crippen molar-refractivity contribution in [1.29, 1.82) is 0 Å². The zero-order valence-corrected chi connectivity index (χ0v) is 11.3. The van der Waals surface area contributed by atoms with E-state index in [1.54, 1.807) is 0 Å². The van der Waals surface area contributed by atoms with Crippen molar-refractivity contribution < 1.29 is 0 Å². The van der Waals surface area contributed by atoms with E-state index in [0.717, 1.165) is 15.0 Å². The van der Waals surface area contributed by atoms with Gasteiger partial charge >= 0.3 is 0 Å². The molecule has 14 heavy (non-hydrogen) atoms. The van der Waals surface area contributed by atoms with Crippen LogP contribution in [0.3, 0.4) is 0 Å². The van der Waals surface area contributed by atoms with Gasteiger partial charge in [0.2, 0.25) is 4.73 Å². The zero-order chi connectivity index (χ0) is 10.1. The lowest BCUT2D eigenvalue weighted by atomic mass is 10.2. The molecule has 0 saturated heterocycles. The van der Waals surface area contributed by atoms with Crippen LogP contribution in [0.25, 0.3) is 10.6 Å². The van der Waals surface area contributed by atoms with Crippen LogP contribution < -0.4 is 0 Å². The highest BCUT2D eigenvalue weighted by atomic mass is 79.9. The molecule has 0 bridgehead atoms. The van der Waals surface area contributed by atoms with E-state index in [9.17, 15) is 0 Å². The third-order valence-corrected chi connectivity index (χ3v) is 4.03. The van der Waals surface area contributed by atoms with E-state index in [2.05, 4.69) is 60.3 Å². The fourth-order valence-corrected chi connectivity index (χ4v) is 2.50. The molecule has 0 aliphatic rings. The number of halogens is 2. The molecule has 0 fully saturated rings. The minimum atomic E-state index is 0.647. The topological polar surface area (TPSA) is 25.8 Å². The molecule has 0 saturated carbocycles. The van der Waals surface area contributed by atoms with Crippen molar-refractivity contribution in [3.8, 4) is 10.6 Å². The first-order valence-electron chi connectivity index (χ1n) is 3.92. The molecule has 72 valence electrons. The van der Waals surface area contributed by atoms with Crippen molar-refractivity contribution in [3.05, 3.63) is 33.0 Å². The number of aryl methyl sites for hydroxylation is 1. The van der Waals surface area contributed by atoms with Crippen molar-refractivity contribution in [1.82, 2.24) is 9.36 Å². The van der Waals surface area contributed by atoms with Crippen LogP contribution in [-0.2, 0) is 0 Å². The van der Waals surface area contributed by atoms with Gasteiger partial charge in [-0.1, -0.05) is 28.1 Å². The van der Waals surface area contributed by atoms with Gasteiger partial charge in [-0.25, -0.2) is 4.98 Å². The summed E-state index contributed by atoms with van der Waals surface area (Å²) < 4.78 is 5.82. The SMILES string of the molecule is Cc1ccc(-c2nc(Br)ns2)cc1Br. The van der Waals surface area contributed by atoms with Gasteiger partial charge in [0.25, 0.3) is 0 Å². The minimum Gasteiger partial charge on any atom is -0.209 e. The fraction of sp³-hybridized carbons (Fsp3) is 0.111. The Hall–Kier alpha value is -0.260. The van der Waals surface area contributed by atoms with Gasteiger partial charge in [-0.05, 0) is 46.0 Å². The van der Waals surface area contributed by atoms with E-state index in [1.165, 1.54) is 17.1 Å². The molecule has 0 aliphatic heterocycles. The monoisotopic (exact) mass is 332 g/mol. The molecule has 5 heteroatoms. The second kappa shape index (κ2) is 4.08. The summed E-state index contributed by atoms with van der Waals surface area (Å²) >= 11 is 8.12. The molecule has 1 aromatic carbocycles. The van der Waals surface area contributed by atoms with Gasteiger partial charge in [-0.3, -0.25) is 0 Å². The Bertz CT molecular complexity index is 468. The highest BCUT2D eigenvalue weighted by molar-refractivity contribution is 9.10. The molecule has 0 atom stereocenters. The predicted octanol–water partition coefficient (Wildman–Crippen LogP) is 4.04. The molecule has 2 aromatic rings. The van der Waals surface area contributed by atoms with Crippen LogP contribution in [0.4, 0.5) is 0 Å². The van der Waals surface area contributed by atoms with Gasteiger partial charge in [-0.2, -0.15) is 4.37 Å². The standard InChI is InChI=1S/C9H6Br2N2S/c1-5-2-3-6(4-7(5)10)8-12-9(11)13-14-8/h2-4H,1H3. The zero-order valence-electron chi connectivity index (χ0n) is 7.29. The number of rotatable bonds is 1. The number of nitrogens with zero attached hydrogens (tertiary/aromatic N) is 2. The van der Waals surface area contributed by atoms with Crippen LogP contribution in [0, 0.1) is 6.92 Å². The normalized spacial score (nSPS) is 10.5. The van der Waals surface area contributed by atoms with E-state index < -0.39 is 0 Å². The third kappa shape index (κ3) is 2.04. The summed E-state index contributed by atoms with van der Waals surface area (Å²) in [4.78, 5) is 4.25. The summed E-state index contributed by atoms with van der Waals surface area (Å²) in [7, 11) is 0. The van der Waals surface area contributed by atoms with Crippen molar-refractivity contribution in [2.24, 2.45) is 0 Å². The Balaban J connectivity index is 2.47. The molecule has 2 nitrogen and oxygen atoms in total. The van der Waals surface area contributed by atoms with E-state index in [0.29, 0.717) is 4.73 Å². The molecule has 2 rings (SSSR count). The van der Waals surface area contributed by atoms with Gasteiger partial charge in [0.15, 0.2) is 0 Å². The van der Waals surface area contributed by atoms with Gasteiger partial charge in [0.1, 0.15) is 5.01 Å². The van der Waals surface area contributed by atoms with Crippen LogP contribution in [0.15, 0.2) is 27.4 Å². The first kappa shape index (κ1) is 10.3. The number of aromatic nitrogens is 2. The van der Waals surface area contributed by atoms with Gasteiger partial charge < -0.3 is 0 Å². The van der Waals surface area contributed by atoms with Crippen LogP contribution >= 0.6 is 43.4 Å². The van der Waals surface area contributed by atoms with Gasteiger partial charge in [0, 0.05) is 10.0 Å². The average molecular weight is 334 g/mol. The first-order valence-corrected chi connectivity index (χ1v) is 6.28. The molecule has 0 amide bonds. The lowest BCUT2D eigenvalue weighted by Gasteiger charge is -1.99. The number of benzene rings is 1. The molecule has 0 unspecified atom stereocenters. The summed E-state index contributed by atoms with van der Waals surface area (Å²) in [5.41, 5.74) is 2.31. The van der Waals surface area contributed by atoms with E-state index in [4.69, 9.17) is 0 Å². The lowest BCUT2D eigenvalue weighted by Crippen LogP contribution is -1.79. The highest BCUT2D eigenvalue weighted by Gasteiger charge is 2.05. The smallest absolute Gasteiger partial charge is 0.209 e.